The average Bonchev–Trinajstić information content (AvgIpc) is 2.64. The Labute approximate surface area is 170 Å². The van der Waals surface area contributed by atoms with Crippen LogP contribution in [0.5, 0.6) is 0 Å². The lowest BCUT2D eigenvalue weighted by atomic mass is 10.1. The van der Waals surface area contributed by atoms with E-state index in [1.54, 1.807) is 49.4 Å². The second kappa shape index (κ2) is 10.2. The first-order chi connectivity index (χ1) is 13.3. The van der Waals surface area contributed by atoms with Crippen LogP contribution in [-0.2, 0) is 22.6 Å². The summed E-state index contributed by atoms with van der Waals surface area (Å²) in [5.74, 6) is -0.640. The van der Waals surface area contributed by atoms with E-state index in [0.717, 1.165) is 5.56 Å². The standard InChI is InChI=1S/C22H26ClFN2O2/c1-15(2)13-25-22(28)16(3)26(14-18-8-4-5-10-20(18)24)21(27)12-17-7-6-9-19(23)11-17/h4-11,15-16H,12-14H2,1-3H3,(H,25,28)/t16-/m0/s1. The van der Waals surface area contributed by atoms with Crippen LogP contribution in [0.25, 0.3) is 0 Å². The molecule has 0 fully saturated rings. The number of hydrogen-bond donors (Lipinski definition) is 1. The molecule has 2 rings (SSSR count). The highest BCUT2D eigenvalue weighted by atomic mass is 35.5. The van der Waals surface area contributed by atoms with Gasteiger partial charge in [0, 0.05) is 23.7 Å². The van der Waals surface area contributed by atoms with Crippen LogP contribution < -0.4 is 5.32 Å². The molecule has 0 heterocycles. The molecular weight excluding hydrogens is 379 g/mol. The molecule has 150 valence electrons. The lowest BCUT2D eigenvalue weighted by Gasteiger charge is -2.29. The Bertz CT molecular complexity index is 826. The van der Waals surface area contributed by atoms with E-state index in [9.17, 15) is 14.0 Å². The Hall–Kier alpha value is -2.40. The quantitative estimate of drug-likeness (QED) is 0.716. The molecule has 0 saturated heterocycles. The first-order valence-corrected chi connectivity index (χ1v) is 9.70. The maximum absolute atomic E-state index is 14.2. The number of carbonyl (C=O) groups excluding carboxylic acids is 2. The van der Waals surface area contributed by atoms with E-state index >= 15 is 0 Å². The minimum atomic E-state index is -0.731. The zero-order valence-corrected chi connectivity index (χ0v) is 17.2. The molecule has 0 aliphatic carbocycles. The normalized spacial score (nSPS) is 11.9. The van der Waals surface area contributed by atoms with Crippen LogP contribution in [-0.4, -0.2) is 29.3 Å². The van der Waals surface area contributed by atoms with Crippen molar-refractivity contribution in [1.82, 2.24) is 10.2 Å². The minimum Gasteiger partial charge on any atom is -0.354 e. The van der Waals surface area contributed by atoms with Crippen LogP contribution in [0.2, 0.25) is 5.02 Å². The number of amides is 2. The fourth-order valence-electron chi connectivity index (χ4n) is 2.77. The second-order valence-corrected chi connectivity index (χ2v) is 7.67. The van der Waals surface area contributed by atoms with Crippen LogP contribution >= 0.6 is 11.6 Å². The van der Waals surface area contributed by atoms with E-state index in [2.05, 4.69) is 5.32 Å². The molecule has 0 radical (unpaired) electrons. The average molecular weight is 405 g/mol. The van der Waals surface area contributed by atoms with E-state index in [1.165, 1.54) is 11.0 Å². The molecule has 2 aromatic carbocycles. The van der Waals surface area contributed by atoms with Gasteiger partial charge in [0.2, 0.25) is 11.8 Å². The van der Waals surface area contributed by atoms with Gasteiger partial charge in [-0.3, -0.25) is 9.59 Å². The molecule has 2 aromatic rings. The summed E-state index contributed by atoms with van der Waals surface area (Å²) in [4.78, 5) is 27.0. The second-order valence-electron chi connectivity index (χ2n) is 7.23. The third kappa shape index (κ3) is 6.34. The van der Waals surface area contributed by atoms with Gasteiger partial charge in [0.25, 0.3) is 0 Å². The van der Waals surface area contributed by atoms with Crippen LogP contribution in [0.15, 0.2) is 48.5 Å². The highest BCUT2D eigenvalue weighted by Crippen LogP contribution is 2.16. The van der Waals surface area contributed by atoms with Crippen LogP contribution in [0.3, 0.4) is 0 Å². The molecule has 0 saturated carbocycles. The van der Waals surface area contributed by atoms with E-state index < -0.39 is 11.9 Å². The minimum absolute atomic E-state index is 0.0162. The van der Waals surface area contributed by atoms with E-state index in [4.69, 9.17) is 11.6 Å². The maximum atomic E-state index is 14.2. The molecule has 2 amide bonds. The largest absolute Gasteiger partial charge is 0.354 e. The van der Waals surface area contributed by atoms with Crippen LogP contribution in [0.4, 0.5) is 4.39 Å². The molecule has 0 aromatic heterocycles. The van der Waals surface area contributed by atoms with Gasteiger partial charge in [-0.2, -0.15) is 0 Å². The van der Waals surface area contributed by atoms with E-state index in [1.807, 2.05) is 13.8 Å². The molecule has 4 nitrogen and oxygen atoms in total. The van der Waals surface area contributed by atoms with Gasteiger partial charge in [-0.25, -0.2) is 4.39 Å². The summed E-state index contributed by atoms with van der Waals surface area (Å²) in [5, 5.41) is 3.38. The summed E-state index contributed by atoms with van der Waals surface area (Å²) < 4.78 is 14.2. The summed E-state index contributed by atoms with van der Waals surface area (Å²) >= 11 is 6.00. The number of halogens is 2. The SMILES string of the molecule is CC(C)CNC(=O)[C@H](C)N(Cc1ccccc1F)C(=O)Cc1cccc(Cl)c1. The summed E-state index contributed by atoms with van der Waals surface area (Å²) in [6, 6.07) is 12.5. The van der Waals surface area contributed by atoms with Crippen molar-refractivity contribution < 1.29 is 14.0 Å². The van der Waals surface area contributed by atoms with Crippen molar-refractivity contribution in [2.75, 3.05) is 6.54 Å². The van der Waals surface area contributed by atoms with Gasteiger partial charge < -0.3 is 10.2 Å². The zero-order chi connectivity index (χ0) is 20.7. The first kappa shape index (κ1) is 21.9. The van der Waals surface area contributed by atoms with Gasteiger partial charge in [-0.05, 0) is 36.6 Å². The van der Waals surface area contributed by atoms with Crippen molar-refractivity contribution in [2.45, 2.75) is 39.8 Å². The Kier molecular flexibility index (Phi) is 8.00. The molecule has 28 heavy (non-hydrogen) atoms. The molecule has 1 atom stereocenters. The number of benzene rings is 2. The van der Waals surface area contributed by atoms with E-state index in [0.29, 0.717) is 23.0 Å². The summed E-state index contributed by atoms with van der Waals surface area (Å²) in [7, 11) is 0. The lowest BCUT2D eigenvalue weighted by molar-refractivity contribution is -0.140. The summed E-state index contributed by atoms with van der Waals surface area (Å²) in [6.07, 6.45) is 0.0802. The smallest absolute Gasteiger partial charge is 0.242 e. The fourth-order valence-corrected chi connectivity index (χ4v) is 2.98. The Morgan fingerprint density at radius 3 is 2.46 bits per heavy atom. The first-order valence-electron chi connectivity index (χ1n) is 9.33. The van der Waals surface area contributed by atoms with E-state index in [-0.39, 0.29) is 24.8 Å². The molecule has 0 aliphatic heterocycles. The predicted octanol–water partition coefficient (Wildman–Crippen LogP) is 4.21. The molecule has 1 N–H and O–H groups in total. The molecule has 0 spiro atoms. The third-order valence-corrected chi connectivity index (χ3v) is 4.63. The zero-order valence-electron chi connectivity index (χ0n) is 16.4. The van der Waals surface area contributed by atoms with Gasteiger partial charge in [0.05, 0.1) is 6.42 Å². The lowest BCUT2D eigenvalue weighted by Crippen LogP contribution is -2.48. The van der Waals surface area contributed by atoms with Gasteiger partial charge in [0.1, 0.15) is 11.9 Å². The third-order valence-electron chi connectivity index (χ3n) is 4.39. The fraction of sp³-hybridized carbons (Fsp3) is 0.364. The van der Waals surface area contributed by atoms with Gasteiger partial charge in [0.15, 0.2) is 0 Å². The van der Waals surface area contributed by atoms with Crippen molar-refractivity contribution >= 4 is 23.4 Å². The van der Waals surface area contributed by atoms with Crippen molar-refractivity contribution in [2.24, 2.45) is 5.92 Å². The number of carbonyl (C=O) groups is 2. The number of hydrogen-bond acceptors (Lipinski definition) is 2. The Balaban J connectivity index is 2.22. The highest BCUT2D eigenvalue weighted by Gasteiger charge is 2.27. The van der Waals surface area contributed by atoms with Crippen LogP contribution in [0, 0.1) is 11.7 Å². The van der Waals surface area contributed by atoms with Crippen molar-refractivity contribution in [3.05, 3.63) is 70.5 Å². The molecule has 6 heteroatoms. The molecule has 0 unspecified atom stereocenters. The molecular formula is C22H26ClFN2O2. The topological polar surface area (TPSA) is 49.4 Å². The number of nitrogens with one attached hydrogen (secondary N) is 1. The van der Waals surface area contributed by atoms with Gasteiger partial charge in [-0.15, -0.1) is 0 Å². The van der Waals surface area contributed by atoms with Crippen molar-refractivity contribution in [3.8, 4) is 0 Å². The Morgan fingerprint density at radius 1 is 1.11 bits per heavy atom. The molecule has 0 aliphatic rings. The van der Waals surface area contributed by atoms with Crippen molar-refractivity contribution in [1.29, 1.82) is 0 Å². The Morgan fingerprint density at radius 2 is 1.82 bits per heavy atom. The van der Waals surface area contributed by atoms with Crippen LogP contribution in [0.1, 0.15) is 31.9 Å². The van der Waals surface area contributed by atoms with Gasteiger partial charge in [-0.1, -0.05) is 55.8 Å². The monoisotopic (exact) mass is 404 g/mol. The van der Waals surface area contributed by atoms with Gasteiger partial charge >= 0.3 is 0 Å². The molecule has 0 bridgehead atoms. The predicted molar refractivity (Wildman–Crippen MR) is 109 cm³/mol. The number of nitrogens with zero attached hydrogens (tertiary/aromatic N) is 1. The highest BCUT2D eigenvalue weighted by molar-refractivity contribution is 6.30. The van der Waals surface area contributed by atoms with Crippen molar-refractivity contribution in [3.63, 3.8) is 0 Å². The number of rotatable bonds is 8. The summed E-state index contributed by atoms with van der Waals surface area (Å²) in [6.45, 7) is 6.17. The maximum Gasteiger partial charge on any atom is 0.242 e. The summed E-state index contributed by atoms with van der Waals surface area (Å²) in [5.41, 5.74) is 1.11.